The zero-order chi connectivity index (χ0) is 12.1. The number of hydrogen-bond donors (Lipinski definition) is 2. The van der Waals surface area contributed by atoms with Crippen molar-refractivity contribution < 1.29 is 0 Å². The molecule has 1 aliphatic carbocycles. The maximum absolute atomic E-state index is 5.83. The quantitative estimate of drug-likeness (QED) is 0.811. The third kappa shape index (κ3) is 3.46. The molecule has 0 amide bonds. The van der Waals surface area contributed by atoms with Gasteiger partial charge in [-0.25, -0.2) is 9.97 Å². The van der Waals surface area contributed by atoms with E-state index in [9.17, 15) is 0 Å². The summed E-state index contributed by atoms with van der Waals surface area (Å²) >= 11 is 5.83. The molecule has 1 saturated carbocycles. The number of rotatable bonds is 4. The summed E-state index contributed by atoms with van der Waals surface area (Å²) in [5.41, 5.74) is 6.22. The Morgan fingerprint density at radius 1 is 1.29 bits per heavy atom. The third-order valence-electron chi connectivity index (χ3n) is 3.41. The smallest absolute Gasteiger partial charge is 0.157 e. The van der Waals surface area contributed by atoms with E-state index in [-0.39, 0.29) is 0 Å². The SMILES string of the molecule is Nc1c(Cl)ncnc1NCCC1CCCCC1. The molecule has 0 bridgehead atoms. The molecule has 3 N–H and O–H groups in total. The monoisotopic (exact) mass is 254 g/mol. The molecule has 1 fully saturated rings. The molecule has 5 heteroatoms. The highest BCUT2D eigenvalue weighted by Crippen LogP contribution is 2.27. The van der Waals surface area contributed by atoms with Gasteiger partial charge in [0.2, 0.25) is 0 Å². The van der Waals surface area contributed by atoms with Gasteiger partial charge >= 0.3 is 0 Å². The fourth-order valence-electron chi connectivity index (χ4n) is 2.39. The van der Waals surface area contributed by atoms with Crippen LogP contribution in [-0.4, -0.2) is 16.5 Å². The molecule has 0 atom stereocenters. The molecular formula is C12H19ClN4. The Morgan fingerprint density at radius 3 is 2.82 bits per heavy atom. The number of hydrogen-bond acceptors (Lipinski definition) is 4. The lowest BCUT2D eigenvalue weighted by atomic mass is 9.87. The second kappa shape index (κ2) is 6.05. The largest absolute Gasteiger partial charge is 0.393 e. The summed E-state index contributed by atoms with van der Waals surface area (Å²) in [5, 5.41) is 3.56. The Labute approximate surface area is 107 Å². The molecule has 0 radical (unpaired) electrons. The molecule has 17 heavy (non-hydrogen) atoms. The predicted molar refractivity (Wildman–Crippen MR) is 71.1 cm³/mol. The maximum Gasteiger partial charge on any atom is 0.157 e. The summed E-state index contributed by atoms with van der Waals surface area (Å²) in [5.74, 6) is 1.51. The van der Waals surface area contributed by atoms with Gasteiger partial charge in [-0.3, -0.25) is 0 Å². The molecule has 1 aromatic rings. The molecule has 0 aliphatic heterocycles. The highest BCUT2D eigenvalue weighted by molar-refractivity contribution is 6.32. The highest BCUT2D eigenvalue weighted by atomic mass is 35.5. The van der Waals surface area contributed by atoms with E-state index < -0.39 is 0 Å². The molecule has 0 aromatic carbocycles. The molecule has 4 nitrogen and oxygen atoms in total. The summed E-state index contributed by atoms with van der Waals surface area (Å²) in [7, 11) is 0. The van der Waals surface area contributed by atoms with Crippen LogP contribution in [0.2, 0.25) is 5.15 Å². The van der Waals surface area contributed by atoms with Crippen LogP contribution >= 0.6 is 11.6 Å². The first kappa shape index (κ1) is 12.4. The van der Waals surface area contributed by atoms with Crippen molar-refractivity contribution in [3.05, 3.63) is 11.5 Å². The zero-order valence-electron chi connectivity index (χ0n) is 9.95. The van der Waals surface area contributed by atoms with Crippen molar-refractivity contribution >= 4 is 23.1 Å². The van der Waals surface area contributed by atoms with Crippen molar-refractivity contribution in [2.45, 2.75) is 38.5 Å². The topological polar surface area (TPSA) is 63.8 Å². The Morgan fingerprint density at radius 2 is 2.06 bits per heavy atom. The molecule has 1 aliphatic rings. The van der Waals surface area contributed by atoms with Crippen molar-refractivity contribution in [2.24, 2.45) is 5.92 Å². The lowest BCUT2D eigenvalue weighted by Crippen LogP contribution is -2.13. The fraction of sp³-hybridized carbons (Fsp3) is 0.667. The molecule has 0 unspecified atom stereocenters. The minimum Gasteiger partial charge on any atom is -0.393 e. The normalized spacial score (nSPS) is 17.0. The standard InChI is InChI=1S/C12H19ClN4/c13-11-10(14)12(17-8-16-11)15-7-6-9-4-2-1-3-5-9/h8-9H,1-7,14H2,(H,15,16,17). The van der Waals surface area contributed by atoms with Gasteiger partial charge in [0, 0.05) is 6.54 Å². The number of halogens is 1. The molecule has 1 heterocycles. The average Bonchev–Trinajstić information content (AvgIpc) is 2.36. The van der Waals surface area contributed by atoms with E-state index in [2.05, 4.69) is 15.3 Å². The molecular weight excluding hydrogens is 236 g/mol. The molecule has 0 saturated heterocycles. The minimum absolute atomic E-state index is 0.320. The number of nitrogens with one attached hydrogen (secondary N) is 1. The van der Waals surface area contributed by atoms with Crippen LogP contribution in [0.3, 0.4) is 0 Å². The number of aromatic nitrogens is 2. The van der Waals surface area contributed by atoms with Crippen LogP contribution in [-0.2, 0) is 0 Å². The first-order valence-electron chi connectivity index (χ1n) is 6.27. The van der Waals surface area contributed by atoms with E-state index in [4.69, 9.17) is 17.3 Å². The fourth-order valence-corrected chi connectivity index (χ4v) is 2.52. The summed E-state index contributed by atoms with van der Waals surface area (Å²) in [6.45, 7) is 0.905. The number of nitrogen functional groups attached to an aromatic ring is 1. The van der Waals surface area contributed by atoms with Crippen LogP contribution in [0, 0.1) is 5.92 Å². The van der Waals surface area contributed by atoms with Crippen molar-refractivity contribution in [3.63, 3.8) is 0 Å². The Hall–Kier alpha value is -1.03. The number of anilines is 2. The average molecular weight is 255 g/mol. The van der Waals surface area contributed by atoms with E-state index in [1.165, 1.54) is 44.9 Å². The van der Waals surface area contributed by atoms with Crippen LogP contribution in [0.4, 0.5) is 11.5 Å². The van der Waals surface area contributed by atoms with Gasteiger partial charge in [0.1, 0.15) is 12.0 Å². The van der Waals surface area contributed by atoms with Gasteiger partial charge in [-0.2, -0.15) is 0 Å². The first-order chi connectivity index (χ1) is 8.27. The van der Waals surface area contributed by atoms with Crippen molar-refractivity contribution in [1.82, 2.24) is 9.97 Å². The lowest BCUT2D eigenvalue weighted by molar-refractivity contribution is 0.345. The summed E-state index contributed by atoms with van der Waals surface area (Å²) in [6, 6.07) is 0. The van der Waals surface area contributed by atoms with Gasteiger partial charge in [0.25, 0.3) is 0 Å². The zero-order valence-corrected chi connectivity index (χ0v) is 10.7. The summed E-state index contributed by atoms with van der Waals surface area (Å²) in [4.78, 5) is 7.92. The van der Waals surface area contributed by atoms with Gasteiger partial charge < -0.3 is 11.1 Å². The van der Waals surface area contributed by atoms with E-state index in [0.717, 1.165) is 12.5 Å². The molecule has 2 rings (SSSR count). The second-order valence-corrected chi connectivity index (χ2v) is 5.00. The lowest BCUT2D eigenvalue weighted by Gasteiger charge is -2.21. The van der Waals surface area contributed by atoms with Crippen molar-refractivity contribution in [2.75, 3.05) is 17.6 Å². The Kier molecular flexibility index (Phi) is 4.42. The van der Waals surface area contributed by atoms with E-state index in [1.54, 1.807) is 0 Å². The number of nitrogens with two attached hydrogens (primary N) is 1. The van der Waals surface area contributed by atoms with Crippen LogP contribution in [0.5, 0.6) is 0 Å². The predicted octanol–water partition coefficient (Wildman–Crippen LogP) is 3.09. The van der Waals surface area contributed by atoms with Gasteiger partial charge in [0.05, 0.1) is 0 Å². The summed E-state index contributed by atoms with van der Waals surface area (Å²) < 4.78 is 0. The third-order valence-corrected chi connectivity index (χ3v) is 3.71. The van der Waals surface area contributed by atoms with Gasteiger partial charge in [0.15, 0.2) is 11.0 Å². The van der Waals surface area contributed by atoms with E-state index >= 15 is 0 Å². The highest BCUT2D eigenvalue weighted by Gasteiger charge is 2.13. The number of nitrogens with zero attached hydrogens (tertiary/aromatic N) is 2. The van der Waals surface area contributed by atoms with Crippen LogP contribution in [0.15, 0.2) is 6.33 Å². The van der Waals surface area contributed by atoms with Crippen LogP contribution in [0.1, 0.15) is 38.5 Å². The Balaban J connectivity index is 1.79. The van der Waals surface area contributed by atoms with Crippen LogP contribution < -0.4 is 11.1 Å². The van der Waals surface area contributed by atoms with Gasteiger partial charge in [-0.05, 0) is 12.3 Å². The van der Waals surface area contributed by atoms with Crippen LogP contribution in [0.25, 0.3) is 0 Å². The van der Waals surface area contributed by atoms with Crippen molar-refractivity contribution in [1.29, 1.82) is 0 Å². The van der Waals surface area contributed by atoms with Gasteiger partial charge in [-0.15, -0.1) is 0 Å². The van der Waals surface area contributed by atoms with Crippen molar-refractivity contribution in [3.8, 4) is 0 Å². The minimum atomic E-state index is 0.320. The second-order valence-electron chi connectivity index (χ2n) is 4.65. The Bertz CT molecular complexity index is 364. The van der Waals surface area contributed by atoms with E-state index in [0.29, 0.717) is 16.7 Å². The molecule has 1 aromatic heterocycles. The molecule has 94 valence electrons. The first-order valence-corrected chi connectivity index (χ1v) is 6.65. The maximum atomic E-state index is 5.83. The summed E-state index contributed by atoms with van der Waals surface area (Å²) in [6.07, 6.45) is 9.50. The van der Waals surface area contributed by atoms with Gasteiger partial charge in [-0.1, -0.05) is 43.7 Å². The molecule has 0 spiro atoms. The van der Waals surface area contributed by atoms with E-state index in [1.807, 2.05) is 0 Å².